The van der Waals surface area contributed by atoms with Crippen molar-refractivity contribution in [1.82, 2.24) is 24.5 Å². The normalized spacial score (nSPS) is 24.4. The van der Waals surface area contributed by atoms with Gasteiger partial charge in [-0.1, -0.05) is 30.3 Å². The van der Waals surface area contributed by atoms with Gasteiger partial charge in [0.2, 0.25) is 5.96 Å². The molecule has 0 spiro atoms. The van der Waals surface area contributed by atoms with Crippen LogP contribution >= 0.6 is 0 Å². The van der Waals surface area contributed by atoms with Gasteiger partial charge in [0.05, 0.1) is 13.2 Å². The van der Waals surface area contributed by atoms with Gasteiger partial charge in [-0.2, -0.15) is 0 Å². The maximum Gasteiger partial charge on any atom is 0.328 e. The van der Waals surface area contributed by atoms with E-state index in [1.807, 2.05) is 49.1 Å². The van der Waals surface area contributed by atoms with Gasteiger partial charge in [-0.05, 0) is 19.4 Å². The Labute approximate surface area is 210 Å². The molecule has 36 heavy (non-hydrogen) atoms. The maximum absolute atomic E-state index is 13.6. The summed E-state index contributed by atoms with van der Waals surface area (Å²) in [4.78, 5) is 52.8. The summed E-state index contributed by atoms with van der Waals surface area (Å²) >= 11 is 0. The molecule has 0 saturated carbocycles. The SMILES string of the molecule is CC1=C(C)N2C(=NC3C2C(=O)N(CC(=O)OCc2ccccc2)C(=O)N3C)N1CCN1CCOCC1. The Kier molecular flexibility index (Phi) is 6.67. The topological polar surface area (TPSA) is 98.2 Å². The van der Waals surface area contributed by atoms with Crippen LogP contribution in [0.1, 0.15) is 19.4 Å². The van der Waals surface area contributed by atoms with Gasteiger partial charge in [0, 0.05) is 44.6 Å². The first kappa shape index (κ1) is 24.3. The van der Waals surface area contributed by atoms with Crippen LogP contribution < -0.4 is 0 Å². The first-order chi connectivity index (χ1) is 17.4. The highest BCUT2D eigenvalue weighted by Crippen LogP contribution is 2.37. The molecule has 11 nitrogen and oxygen atoms in total. The number of ether oxygens (including phenoxy) is 2. The lowest BCUT2D eigenvalue weighted by molar-refractivity contribution is -0.151. The third-order valence-electron chi connectivity index (χ3n) is 7.28. The lowest BCUT2D eigenvalue weighted by Crippen LogP contribution is -2.65. The van der Waals surface area contributed by atoms with Crippen LogP contribution in [-0.2, 0) is 25.7 Å². The smallest absolute Gasteiger partial charge is 0.328 e. The number of esters is 1. The van der Waals surface area contributed by atoms with Crippen molar-refractivity contribution in [3.8, 4) is 0 Å². The van der Waals surface area contributed by atoms with Gasteiger partial charge in [-0.3, -0.25) is 24.3 Å². The van der Waals surface area contributed by atoms with E-state index in [0.717, 1.165) is 61.3 Å². The molecule has 2 unspecified atom stereocenters. The minimum atomic E-state index is -0.715. The van der Waals surface area contributed by atoms with E-state index < -0.39 is 36.7 Å². The lowest BCUT2D eigenvalue weighted by Gasteiger charge is -2.40. The van der Waals surface area contributed by atoms with Crippen LogP contribution in [0.5, 0.6) is 0 Å². The third kappa shape index (κ3) is 4.33. The molecule has 192 valence electrons. The molecule has 2 fully saturated rings. The summed E-state index contributed by atoms with van der Waals surface area (Å²) in [6.45, 7) is 8.43. The predicted molar refractivity (Wildman–Crippen MR) is 130 cm³/mol. The molecule has 11 heteroatoms. The number of carbonyl (C=O) groups excluding carboxylic acids is 3. The molecule has 2 atom stereocenters. The highest BCUT2D eigenvalue weighted by atomic mass is 16.5. The summed E-state index contributed by atoms with van der Waals surface area (Å²) in [5.41, 5.74) is 2.78. The fourth-order valence-corrected chi connectivity index (χ4v) is 5.07. The van der Waals surface area contributed by atoms with Gasteiger partial charge in [0.15, 0.2) is 12.2 Å². The highest BCUT2D eigenvalue weighted by molar-refractivity contribution is 6.06. The molecule has 1 aromatic carbocycles. The summed E-state index contributed by atoms with van der Waals surface area (Å²) < 4.78 is 10.8. The van der Waals surface area contributed by atoms with Crippen LogP contribution in [0.15, 0.2) is 46.7 Å². The highest BCUT2D eigenvalue weighted by Gasteiger charge is 2.56. The van der Waals surface area contributed by atoms with E-state index in [-0.39, 0.29) is 6.61 Å². The first-order valence-corrected chi connectivity index (χ1v) is 12.3. The summed E-state index contributed by atoms with van der Waals surface area (Å²) in [7, 11) is 1.62. The van der Waals surface area contributed by atoms with Crippen LogP contribution in [0.3, 0.4) is 0 Å². The number of hydrogen-bond donors (Lipinski definition) is 0. The average Bonchev–Trinajstić information content (AvgIpc) is 3.39. The second kappa shape index (κ2) is 9.90. The molecule has 4 aliphatic rings. The van der Waals surface area contributed by atoms with Crippen LogP contribution in [0.2, 0.25) is 0 Å². The number of hydrogen-bond acceptors (Lipinski definition) is 9. The zero-order valence-corrected chi connectivity index (χ0v) is 20.9. The van der Waals surface area contributed by atoms with Crippen molar-refractivity contribution in [2.45, 2.75) is 32.7 Å². The number of aliphatic imine (C=N–C) groups is 1. The Bertz CT molecular complexity index is 1100. The number of benzene rings is 1. The molecule has 0 aromatic heterocycles. The fraction of sp³-hybridized carbons (Fsp3) is 0.520. The van der Waals surface area contributed by atoms with Crippen molar-refractivity contribution in [2.24, 2.45) is 4.99 Å². The number of nitrogens with zero attached hydrogens (tertiary/aromatic N) is 6. The number of rotatable bonds is 7. The quantitative estimate of drug-likeness (QED) is 0.514. The Morgan fingerprint density at radius 3 is 2.50 bits per heavy atom. The van der Waals surface area contributed by atoms with E-state index in [9.17, 15) is 14.4 Å². The molecule has 0 radical (unpaired) electrons. The van der Waals surface area contributed by atoms with Crippen molar-refractivity contribution in [2.75, 3.05) is 53.0 Å². The van der Waals surface area contributed by atoms with E-state index in [4.69, 9.17) is 14.5 Å². The number of allylic oxidation sites excluding steroid dienone is 2. The summed E-state index contributed by atoms with van der Waals surface area (Å²) in [6, 6.07) is 8.00. The molecule has 0 N–H and O–H groups in total. The molecule has 0 bridgehead atoms. The zero-order chi connectivity index (χ0) is 25.4. The van der Waals surface area contributed by atoms with E-state index in [1.54, 1.807) is 7.05 Å². The largest absolute Gasteiger partial charge is 0.459 e. The summed E-state index contributed by atoms with van der Waals surface area (Å²) in [6.07, 6.45) is -0.648. The molecule has 1 aromatic rings. The first-order valence-electron chi connectivity index (χ1n) is 12.3. The lowest BCUT2D eigenvalue weighted by atomic mass is 10.1. The number of carbonyl (C=O) groups is 3. The van der Waals surface area contributed by atoms with Crippen molar-refractivity contribution >= 4 is 23.9 Å². The van der Waals surface area contributed by atoms with Gasteiger partial charge in [0.25, 0.3) is 5.91 Å². The molecule has 0 aliphatic carbocycles. The van der Waals surface area contributed by atoms with Gasteiger partial charge >= 0.3 is 12.0 Å². The Hall–Kier alpha value is -3.44. The number of imide groups is 1. The van der Waals surface area contributed by atoms with Crippen molar-refractivity contribution in [3.05, 3.63) is 47.3 Å². The summed E-state index contributed by atoms with van der Waals surface area (Å²) in [5, 5.41) is 0. The van der Waals surface area contributed by atoms with Gasteiger partial charge in [-0.15, -0.1) is 0 Å². The average molecular weight is 497 g/mol. The zero-order valence-electron chi connectivity index (χ0n) is 20.9. The Balaban J connectivity index is 1.28. The molecule has 5 rings (SSSR count). The minimum Gasteiger partial charge on any atom is -0.459 e. The van der Waals surface area contributed by atoms with E-state index in [2.05, 4.69) is 9.80 Å². The van der Waals surface area contributed by atoms with E-state index in [0.29, 0.717) is 5.96 Å². The molecule has 2 saturated heterocycles. The number of amides is 3. The number of guanidine groups is 1. The Morgan fingerprint density at radius 2 is 1.78 bits per heavy atom. The van der Waals surface area contributed by atoms with Crippen molar-refractivity contribution in [1.29, 1.82) is 0 Å². The van der Waals surface area contributed by atoms with Gasteiger partial charge in [-0.25, -0.2) is 9.79 Å². The second-order valence-corrected chi connectivity index (χ2v) is 9.40. The predicted octanol–water partition coefficient (Wildman–Crippen LogP) is 0.889. The van der Waals surface area contributed by atoms with Crippen LogP contribution in [0.4, 0.5) is 4.79 Å². The number of urea groups is 1. The monoisotopic (exact) mass is 496 g/mol. The molecule has 4 heterocycles. The fourth-order valence-electron chi connectivity index (χ4n) is 5.07. The molecule has 3 amide bonds. The number of morpholine rings is 1. The molecule has 4 aliphatic heterocycles. The van der Waals surface area contributed by atoms with Gasteiger partial charge in [0.1, 0.15) is 13.2 Å². The van der Waals surface area contributed by atoms with Crippen molar-refractivity contribution in [3.63, 3.8) is 0 Å². The Morgan fingerprint density at radius 1 is 1.06 bits per heavy atom. The minimum absolute atomic E-state index is 0.0797. The van der Waals surface area contributed by atoms with Gasteiger partial charge < -0.3 is 19.3 Å². The van der Waals surface area contributed by atoms with Crippen LogP contribution in [0.25, 0.3) is 0 Å². The third-order valence-corrected chi connectivity index (χ3v) is 7.28. The number of fused-ring (bicyclic) bond motifs is 3. The second-order valence-electron chi connectivity index (χ2n) is 9.40. The molecular weight excluding hydrogens is 464 g/mol. The standard InChI is InChI=1S/C25H32N6O5/c1-17-18(2)31-21-22(26-24(31)29(17)10-9-28-11-13-35-14-12-28)27(3)25(34)30(23(21)33)15-20(32)36-16-19-7-5-4-6-8-19/h4-8,21-22H,9-16H2,1-3H3. The molecular formula is C25H32N6O5. The van der Waals surface area contributed by atoms with E-state index in [1.165, 1.54) is 4.90 Å². The summed E-state index contributed by atoms with van der Waals surface area (Å²) in [5.74, 6) is -0.404. The van der Waals surface area contributed by atoms with Crippen molar-refractivity contribution < 1.29 is 23.9 Å². The van der Waals surface area contributed by atoms with Crippen LogP contribution in [0, 0.1) is 0 Å². The van der Waals surface area contributed by atoms with E-state index >= 15 is 0 Å². The van der Waals surface area contributed by atoms with Crippen LogP contribution in [-0.4, -0.2) is 114 Å². The maximum atomic E-state index is 13.6. The number of likely N-dealkylation sites (N-methyl/N-ethyl adjacent to an activating group) is 1.